The molecule has 0 aromatic rings. The highest BCUT2D eigenvalue weighted by Crippen LogP contribution is 2.45. The molecule has 0 saturated carbocycles. The molecule has 0 heterocycles. The molecule has 2 aliphatic rings. The van der Waals surface area contributed by atoms with Crippen LogP contribution in [0.1, 0.15) is 59.8 Å². The molecule has 3 atom stereocenters. The van der Waals surface area contributed by atoms with E-state index in [2.05, 4.69) is 13.8 Å². The van der Waals surface area contributed by atoms with Gasteiger partial charge in [-0.15, -0.1) is 0 Å². The minimum absolute atomic E-state index is 0.472. The van der Waals surface area contributed by atoms with Crippen LogP contribution in [0.25, 0.3) is 0 Å². The van der Waals surface area contributed by atoms with Crippen LogP contribution in [-0.4, -0.2) is 10.7 Å². The van der Waals surface area contributed by atoms with Crippen LogP contribution < -0.4 is 0 Å². The SMILES string of the molecule is CC1CCC2=C1CCC(C(C)(C)O)CC2C. The molecule has 92 valence electrons. The van der Waals surface area contributed by atoms with Gasteiger partial charge >= 0.3 is 0 Å². The van der Waals surface area contributed by atoms with Crippen molar-refractivity contribution in [3.63, 3.8) is 0 Å². The van der Waals surface area contributed by atoms with E-state index < -0.39 is 5.60 Å². The van der Waals surface area contributed by atoms with E-state index in [4.69, 9.17) is 0 Å². The van der Waals surface area contributed by atoms with Crippen LogP contribution >= 0.6 is 0 Å². The monoisotopic (exact) mass is 222 g/mol. The zero-order chi connectivity index (χ0) is 11.9. The van der Waals surface area contributed by atoms with Gasteiger partial charge in [-0.05, 0) is 63.7 Å². The lowest BCUT2D eigenvalue weighted by molar-refractivity contribution is 0.00617. The molecule has 1 heteroatoms. The molecular weight excluding hydrogens is 196 g/mol. The van der Waals surface area contributed by atoms with E-state index >= 15 is 0 Å². The Morgan fingerprint density at radius 3 is 2.19 bits per heavy atom. The van der Waals surface area contributed by atoms with Gasteiger partial charge in [0.05, 0.1) is 5.60 Å². The number of hydrogen-bond donors (Lipinski definition) is 1. The van der Waals surface area contributed by atoms with E-state index in [9.17, 15) is 5.11 Å². The quantitative estimate of drug-likeness (QED) is 0.667. The highest BCUT2D eigenvalue weighted by atomic mass is 16.3. The predicted octanol–water partition coefficient (Wildman–Crippen LogP) is 3.92. The van der Waals surface area contributed by atoms with Gasteiger partial charge in [-0.3, -0.25) is 0 Å². The first kappa shape index (κ1) is 12.2. The van der Waals surface area contributed by atoms with Crippen molar-refractivity contribution in [1.82, 2.24) is 0 Å². The molecule has 0 fully saturated rings. The average Bonchev–Trinajstić information content (AvgIpc) is 2.42. The van der Waals surface area contributed by atoms with E-state index in [0.717, 1.165) is 5.92 Å². The molecular formula is C15H26O. The maximum atomic E-state index is 10.2. The number of aliphatic hydroxyl groups is 1. The second-order valence-corrected chi connectivity index (χ2v) is 6.52. The van der Waals surface area contributed by atoms with Crippen LogP contribution in [0.2, 0.25) is 0 Å². The predicted molar refractivity (Wildman–Crippen MR) is 68.2 cm³/mol. The standard InChI is InChI=1S/C15H26O/c1-10-5-7-14-11(2)9-12(15(3,4)16)6-8-13(10)14/h10-12,16H,5-9H2,1-4H3. The third-order valence-electron chi connectivity index (χ3n) is 4.85. The van der Waals surface area contributed by atoms with Gasteiger partial charge < -0.3 is 5.11 Å². The zero-order valence-corrected chi connectivity index (χ0v) is 11.2. The molecule has 0 aromatic heterocycles. The summed E-state index contributed by atoms with van der Waals surface area (Å²) in [5.41, 5.74) is 2.97. The van der Waals surface area contributed by atoms with Crippen molar-refractivity contribution in [2.45, 2.75) is 65.4 Å². The van der Waals surface area contributed by atoms with Crippen molar-refractivity contribution in [3.05, 3.63) is 11.1 Å². The van der Waals surface area contributed by atoms with Crippen LogP contribution in [-0.2, 0) is 0 Å². The van der Waals surface area contributed by atoms with E-state index in [1.54, 1.807) is 11.1 Å². The fourth-order valence-electron chi connectivity index (χ4n) is 3.65. The summed E-state index contributed by atoms with van der Waals surface area (Å²) >= 11 is 0. The van der Waals surface area contributed by atoms with Gasteiger partial charge in [0.15, 0.2) is 0 Å². The van der Waals surface area contributed by atoms with E-state index in [-0.39, 0.29) is 0 Å². The maximum Gasteiger partial charge on any atom is 0.0620 e. The normalized spacial score (nSPS) is 36.2. The number of allylic oxidation sites excluding steroid dienone is 2. The lowest BCUT2D eigenvalue weighted by Gasteiger charge is -2.30. The molecule has 0 radical (unpaired) electrons. The maximum absolute atomic E-state index is 10.2. The summed E-state index contributed by atoms with van der Waals surface area (Å²) in [5, 5.41) is 10.2. The van der Waals surface area contributed by atoms with Gasteiger partial charge in [0, 0.05) is 0 Å². The molecule has 3 unspecified atom stereocenters. The molecule has 0 spiro atoms. The van der Waals surface area contributed by atoms with Crippen molar-refractivity contribution in [2.75, 3.05) is 0 Å². The molecule has 2 aliphatic carbocycles. The largest absolute Gasteiger partial charge is 0.390 e. The van der Waals surface area contributed by atoms with Gasteiger partial charge in [0.2, 0.25) is 0 Å². The molecule has 1 N–H and O–H groups in total. The Kier molecular flexibility index (Phi) is 3.18. The van der Waals surface area contributed by atoms with Crippen LogP contribution in [0, 0.1) is 17.8 Å². The van der Waals surface area contributed by atoms with Crippen molar-refractivity contribution in [1.29, 1.82) is 0 Å². The fraction of sp³-hybridized carbons (Fsp3) is 0.867. The highest BCUT2D eigenvalue weighted by molar-refractivity contribution is 5.25. The van der Waals surface area contributed by atoms with Gasteiger partial charge in [-0.1, -0.05) is 25.0 Å². The first-order valence-electron chi connectivity index (χ1n) is 6.83. The van der Waals surface area contributed by atoms with Crippen LogP contribution in [0.15, 0.2) is 11.1 Å². The second-order valence-electron chi connectivity index (χ2n) is 6.52. The fourth-order valence-corrected chi connectivity index (χ4v) is 3.65. The summed E-state index contributed by atoms with van der Waals surface area (Å²) in [7, 11) is 0. The molecule has 1 nitrogen and oxygen atoms in total. The lowest BCUT2D eigenvalue weighted by Crippen LogP contribution is -2.31. The van der Waals surface area contributed by atoms with Gasteiger partial charge in [0.1, 0.15) is 0 Å². The molecule has 0 bridgehead atoms. The first-order valence-corrected chi connectivity index (χ1v) is 6.83. The Balaban J connectivity index is 2.16. The molecule has 0 aliphatic heterocycles. The minimum atomic E-state index is -0.503. The van der Waals surface area contributed by atoms with Crippen LogP contribution in [0.5, 0.6) is 0 Å². The Morgan fingerprint density at radius 2 is 1.56 bits per heavy atom. The van der Waals surface area contributed by atoms with Crippen LogP contribution in [0.3, 0.4) is 0 Å². The van der Waals surface area contributed by atoms with Gasteiger partial charge in [-0.2, -0.15) is 0 Å². The Bertz CT molecular complexity index is 295. The van der Waals surface area contributed by atoms with Crippen LogP contribution in [0.4, 0.5) is 0 Å². The molecule has 0 aromatic carbocycles. The van der Waals surface area contributed by atoms with E-state index in [1.807, 2.05) is 13.8 Å². The topological polar surface area (TPSA) is 20.2 Å². The third kappa shape index (κ3) is 2.20. The summed E-state index contributed by atoms with van der Waals surface area (Å²) in [4.78, 5) is 0. The van der Waals surface area contributed by atoms with Gasteiger partial charge in [0.25, 0.3) is 0 Å². The minimum Gasteiger partial charge on any atom is -0.390 e. The average molecular weight is 222 g/mol. The van der Waals surface area contributed by atoms with Crippen molar-refractivity contribution >= 4 is 0 Å². The summed E-state index contributed by atoms with van der Waals surface area (Å²) in [6.07, 6.45) is 6.26. The molecule has 2 rings (SSSR count). The smallest absolute Gasteiger partial charge is 0.0620 e. The first-order chi connectivity index (χ1) is 7.39. The summed E-state index contributed by atoms with van der Waals surface area (Å²) in [6.45, 7) is 8.69. The van der Waals surface area contributed by atoms with E-state index in [1.165, 1.54) is 32.1 Å². The Hall–Kier alpha value is -0.300. The van der Waals surface area contributed by atoms with Crippen molar-refractivity contribution in [3.8, 4) is 0 Å². The highest BCUT2D eigenvalue weighted by Gasteiger charge is 2.35. The lowest BCUT2D eigenvalue weighted by atomic mass is 9.80. The summed E-state index contributed by atoms with van der Waals surface area (Å²) in [6, 6.07) is 0. The molecule has 16 heavy (non-hydrogen) atoms. The molecule has 0 saturated heterocycles. The van der Waals surface area contributed by atoms with E-state index in [0.29, 0.717) is 11.8 Å². The number of hydrogen-bond acceptors (Lipinski definition) is 1. The number of rotatable bonds is 1. The summed E-state index contributed by atoms with van der Waals surface area (Å²) < 4.78 is 0. The van der Waals surface area contributed by atoms with Gasteiger partial charge in [-0.25, -0.2) is 0 Å². The van der Waals surface area contributed by atoms with Crippen molar-refractivity contribution < 1.29 is 5.11 Å². The summed E-state index contributed by atoms with van der Waals surface area (Å²) in [5.74, 6) is 1.97. The Labute approximate surface area is 99.9 Å². The molecule has 0 amide bonds. The third-order valence-corrected chi connectivity index (χ3v) is 4.85. The Morgan fingerprint density at radius 1 is 1.00 bits per heavy atom. The zero-order valence-electron chi connectivity index (χ0n) is 11.2. The van der Waals surface area contributed by atoms with Crippen molar-refractivity contribution in [2.24, 2.45) is 17.8 Å². The second kappa shape index (κ2) is 4.18.